The SMILES string of the molecule is CC(C)(C)c1ccc(N(c2ccc(O)cc2)c2ccc(C(C)(C)C)cc2)cc1.CC(C)(C)c1ccc(N(c2ccc(O)cc2)c2ccc(C(C)(C)C)cc2)cc1. The van der Waals surface area contributed by atoms with Crippen LogP contribution < -0.4 is 9.80 Å². The topological polar surface area (TPSA) is 46.9 Å². The Labute approximate surface area is 337 Å². The first-order chi connectivity index (χ1) is 26.1. The molecule has 292 valence electrons. The minimum atomic E-state index is 0.121. The van der Waals surface area contributed by atoms with E-state index in [1.54, 1.807) is 24.3 Å². The zero-order valence-electron chi connectivity index (χ0n) is 35.6. The van der Waals surface area contributed by atoms with E-state index in [9.17, 15) is 10.2 Å². The number of benzene rings is 6. The van der Waals surface area contributed by atoms with E-state index >= 15 is 0 Å². The molecule has 0 saturated heterocycles. The lowest BCUT2D eigenvalue weighted by Gasteiger charge is -2.28. The van der Waals surface area contributed by atoms with Crippen LogP contribution in [-0.4, -0.2) is 10.2 Å². The molecule has 0 atom stereocenters. The van der Waals surface area contributed by atoms with E-state index in [2.05, 4.69) is 190 Å². The minimum Gasteiger partial charge on any atom is -0.508 e. The highest BCUT2D eigenvalue weighted by molar-refractivity contribution is 5.78. The Balaban J connectivity index is 0.000000214. The number of nitrogens with zero attached hydrogens (tertiary/aromatic N) is 2. The highest BCUT2D eigenvalue weighted by Crippen LogP contribution is 2.39. The molecule has 6 aromatic rings. The average molecular weight is 747 g/mol. The Morgan fingerprint density at radius 1 is 0.250 bits per heavy atom. The maximum absolute atomic E-state index is 9.71. The maximum atomic E-state index is 9.71. The van der Waals surface area contributed by atoms with E-state index in [0.717, 1.165) is 34.1 Å². The van der Waals surface area contributed by atoms with Gasteiger partial charge in [0.25, 0.3) is 0 Å². The summed E-state index contributed by atoms with van der Waals surface area (Å²) >= 11 is 0. The molecule has 0 amide bonds. The van der Waals surface area contributed by atoms with Crippen LogP contribution in [0.2, 0.25) is 0 Å². The molecule has 0 aliphatic carbocycles. The van der Waals surface area contributed by atoms with Crippen molar-refractivity contribution in [1.82, 2.24) is 0 Å². The molecule has 56 heavy (non-hydrogen) atoms. The molecule has 0 aromatic heterocycles. The molecule has 2 N–H and O–H groups in total. The van der Waals surface area contributed by atoms with Crippen LogP contribution in [0, 0.1) is 0 Å². The van der Waals surface area contributed by atoms with E-state index in [4.69, 9.17) is 0 Å². The van der Waals surface area contributed by atoms with Crippen LogP contribution in [0.25, 0.3) is 0 Å². The summed E-state index contributed by atoms with van der Waals surface area (Å²) in [5, 5.41) is 19.4. The molecule has 0 heterocycles. The normalized spacial score (nSPS) is 12.1. The second-order valence-corrected chi connectivity index (χ2v) is 18.9. The van der Waals surface area contributed by atoms with Crippen LogP contribution in [0.1, 0.15) is 105 Å². The van der Waals surface area contributed by atoms with Gasteiger partial charge in [0, 0.05) is 34.1 Å². The lowest BCUT2D eigenvalue weighted by Crippen LogP contribution is -2.14. The van der Waals surface area contributed by atoms with Gasteiger partial charge in [0.15, 0.2) is 0 Å². The molecule has 0 saturated carbocycles. The van der Waals surface area contributed by atoms with Crippen molar-refractivity contribution in [2.75, 3.05) is 9.80 Å². The molecule has 4 nitrogen and oxygen atoms in total. The fourth-order valence-corrected chi connectivity index (χ4v) is 6.54. The molecule has 0 aliphatic heterocycles. The molecular weight excluding hydrogens is 685 g/mol. The zero-order chi connectivity index (χ0) is 41.1. The standard InChI is InChI=1S/2C26H31NO/c2*1-25(2,3)19-7-11-21(12-8-19)27(23-15-17-24(28)18-16-23)22-13-9-20(10-14-22)26(4,5)6/h2*7-18,28H,1-6H3. The molecule has 0 radical (unpaired) electrons. The lowest BCUT2D eigenvalue weighted by atomic mass is 9.86. The second-order valence-electron chi connectivity index (χ2n) is 18.9. The summed E-state index contributed by atoms with van der Waals surface area (Å²) in [6.07, 6.45) is 0. The summed E-state index contributed by atoms with van der Waals surface area (Å²) in [4.78, 5) is 4.44. The fourth-order valence-electron chi connectivity index (χ4n) is 6.54. The molecule has 0 bridgehead atoms. The third-order valence-corrected chi connectivity index (χ3v) is 10.2. The van der Waals surface area contributed by atoms with Crippen LogP contribution in [0.3, 0.4) is 0 Å². The highest BCUT2D eigenvalue weighted by atomic mass is 16.3. The number of aromatic hydroxyl groups is 2. The van der Waals surface area contributed by atoms with E-state index in [-0.39, 0.29) is 33.2 Å². The maximum Gasteiger partial charge on any atom is 0.115 e. The van der Waals surface area contributed by atoms with E-state index in [1.165, 1.54) is 22.3 Å². The largest absolute Gasteiger partial charge is 0.508 e. The Morgan fingerprint density at radius 2 is 0.393 bits per heavy atom. The van der Waals surface area contributed by atoms with Gasteiger partial charge in [-0.3, -0.25) is 0 Å². The smallest absolute Gasteiger partial charge is 0.115 e. The number of phenols is 2. The molecule has 0 unspecified atom stereocenters. The predicted molar refractivity (Wildman–Crippen MR) is 240 cm³/mol. The van der Waals surface area contributed by atoms with Gasteiger partial charge in [0.1, 0.15) is 11.5 Å². The Kier molecular flexibility index (Phi) is 12.1. The first kappa shape index (κ1) is 41.7. The van der Waals surface area contributed by atoms with Crippen molar-refractivity contribution in [3.05, 3.63) is 168 Å². The van der Waals surface area contributed by atoms with Crippen molar-refractivity contribution in [2.45, 2.75) is 105 Å². The van der Waals surface area contributed by atoms with Crippen molar-refractivity contribution in [3.8, 4) is 11.5 Å². The third kappa shape index (κ3) is 10.4. The van der Waals surface area contributed by atoms with Crippen molar-refractivity contribution >= 4 is 34.1 Å². The van der Waals surface area contributed by atoms with E-state index in [0.29, 0.717) is 0 Å². The summed E-state index contributed by atoms with van der Waals surface area (Å²) in [6.45, 7) is 26.7. The first-order valence-electron chi connectivity index (χ1n) is 19.7. The quantitative estimate of drug-likeness (QED) is 0.178. The van der Waals surface area contributed by atoms with Crippen LogP contribution in [0.15, 0.2) is 146 Å². The summed E-state index contributed by atoms with van der Waals surface area (Å²) in [7, 11) is 0. The van der Waals surface area contributed by atoms with Crippen LogP contribution in [0.5, 0.6) is 11.5 Å². The third-order valence-electron chi connectivity index (χ3n) is 10.2. The zero-order valence-corrected chi connectivity index (χ0v) is 35.6. The monoisotopic (exact) mass is 746 g/mol. The van der Waals surface area contributed by atoms with Gasteiger partial charge >= 0.3 is 0 Å². The van der Waals surface area contributed by atoms with Gasteiger partial charge in [0.05, 0.1) is 0 Å². The lowest BCUT2D eigenvalue weighted by molar-refractivity contribution is 0.475. The van der Waals surface area contributed by atoms with Gasteiger partial charge in [-0.1, -0.05) is 132 Å². The van der Waals surface area contributed by atoms with Crippen molar-refractivity contribution in [3.63, 3.8) is 0 Å². The van der Waals surface area contributed by atoms with Crippen molar-refractivity contribution < 1.29 is 10.2 Å². The van der Waals surface area contributed by atoms with Gasteiger partial charge in [-0.2, -0.15) is 0 Å². The molecule has 6 aromatic carbocycles. The first-order valence-corrected chi connectivity index (χ1v) is 19.7. The summed E-state index contributed by atoms with van der Waals surface area (Å²) in [6, 6.07) is 49.7. The number of hydrogen-bond acceptors (Lipinski definition) is 4. The molecule has 4 heteroatoms. The van der Waals surface area contributed by atoms with Gasteiger partial charge in [-0.05, 0) is 141 Å². The van der Waals surface area contributed by atoms with E-state index < -0.39 is 0 Å². The van der Waals surface area contributed by atoms with Crippen LogP contribution in [-0.2, 0) is 21.7 Å². The predicted octanol–water partition coefficient (Wildman–Crippen LogP) is 14.9. The Morgan fingerprint density at radius 3 is 0.536 bits per heavy atom. The average Bonchev–Trinajstić information content (AvgIpc) is 3.13. The molecule has 0 spiro atoms. The summed E-state index contributed by atoms with van der Waals surface area (Å²) in [5.41, 5.74) is 12.2. The molecule has 0 fully saturated rings. The second kappa shape index (κ2) is 16.3. The Bertz CT molecular complexity index is 1860. The molecular formula is C52H62N2O2. The number of hydrogen-bond donors (Lipinski definition) is 2. The van der Waals surface area contributed by atoms with Crippen LogP contribution >= 0.6 is 0 Å². The number of phenolic OH excluding ortho intramolecular Hbond substituents is 2. The van der Waals surface area contributed by atoms with Gasteiger partial charge in [0.2, 0.25) is 0 Å². The molecule has 6 rings (SSSR count). The number of anilines is 6. The van der Waals surface area contributed by atoms with Crippen molar-refractivity contribution in [1.29, 1.82) is 0 Å². The molecule has 0 aliphatic rings. The minimum absolute atomic E-state index is 0.121. The van der Waals surface area contributed by atoms with Crippen molar-refractivity contribution in [2.24, 2.45) is 0 Å². The highest BCUT2D eigenvalue weighted by Gasteiger charge is 2.20. The summed E-state index contributed by atoms with van der Waals surface area (Å²) < 4.78 is 0. The van der Waals surface area contributed by atoms with Gasteiger partial charge in [-0.15, -0.1) is 0 Å². The van der Waals surface area contributed by atoms with Crippen LogP contribution in [0.4, 0.5) is 34.1 Å². The summed E-state index contributed by atoms with van der Waals surface area (Å²) in [5.74, 6) is 0.546. The van der Waals surface area contributed by atoms with E-state index in [1.807, 2.05) is 24.3 Å². The fraction of sp³-hybridized carbons (Fsp3) is 0.308. The van der Waals surface area contributed by atoms with Gasteiger partial charge in [-0.25, -0.2) is 0 Å². The Hall–Kier alpha value is -5.48. The van der Waals surface area contributed by atoms with Gasteiger partial charge < -0.3 is 20.0 Å². The number of rotatable bonds is 6.